The Hall–Kier alpha value is -3.22. The zero-order chi connectivity index (χ0) is 21.0. The zero-order valence-electron chi connectivity index (χ0n) is 15.1. The van der Waals surface area contributed by atoms with Gasteiger partial charge in [-0.3, -0.25) is 14.5 Å². The van der Waals surface area contributed by atoms with Gasteiger partial charge in [0.15, 0.2) is 5.43 Å². The summed E-state index contributed by atoms with van der Waals surface area (Å²) >= 11 is 12.0. The predicted molar refractivity (Wildman–Crippen MR) is 112 cm³/mol. The molecule has 0 spiro atoms. The van der Waals surface area contributed by atoms with E-state index >= 15 is 0 Å². The first-order chi connectivity index (χ1) is 14.5. The summed E-state index contributed by atoms with van der Waals surface area (Å²) in [5, 5.41) is 0.930. The number of halogens is 3. The lowest BCUT2D eigenvalue weighted by atomic mass is 9.98. The molecule has 2 aromatic heterocycles. The number of benzene rings is 2. The predicted octanol–water partition coefficient (Wildman–Crippen LogP) is 5.38. The maximum Gasteiger partial charge on any atom is 0.296 e. The van der Waals surface area contributed by atoms with Crippen molar-refractivity contribution in [3.63, 3.8) is 0 Å². The molecule has 5 nitrogen and oxygen atoms in total. The molecule has 0 aliphatic carbocycles. The molecule has 1 unspecified atom stereocenters. The van der Waals surface area contributed by atoms with Crippen molar-refractivity contribution in [2.24, 2.45) is 0 Å². The molecule has 8 heteroatoms. The topological polar surface area (TPSA) is 63.4 Å². The number of anilines is 1. The van der Waals surface area contributed by atoms with Crippen molar-refractivity contribution < 1.29 is 13.6 Å². The molecular weight excluding hydrogens is 430 g/mol. The third-order valence-electron chi connectivity index (χ3n) is 4.99. The summed E-state index contributed by atoms with van der Waals surface area (Å²) in [4.78, 5) is 32.1. The molecule has 0 N–H and O–H groups in total. The number of amides is 1. The molecular formula is C22H11Cl2FN2O3. The number of aromatic nitrogens is 1. The van der Waals surface area contributed by atoms with Gasteiger partial charge in [0.1, 0.15) is 17.2 Å². The summed E-state index contributed by atoms with van der Waals surface area (Å²) < 4.78 is 20.6. The van der Waals surface area contributed by atoms with Crippen molar-refractivity contribution in [2.75, 3.05) is 4.90 Å². The third kappa shape index (κ3) is 2.80. The summed E-state index contributed by atoms with van der Waals surface area (Å²) in [6.07, 6.45) is 1.37. The number of hydrogen-bond acceptors (Lipinski definition) is 4. The van der Waals surface area contributed by atoms with Crippen LogP contribution in [0.4, 0.5) is 10.2 Å². The van der Waals surface area contributed by atoms with Gasteiger partial charge in [-0.15, -0.1) is 0 Å². The fourth-order valence-electron chi connectivity index (χ4n) is 3.68. The quantitative estimate of drug-likeness (QED) is 0.419. The molecule has 0 bridgehead atoms. The number of pyridine rings is 1. The van der Waals surface area contributed by atoms with Crippen LogP contribution in [-0.2, 0) is 0 Å². The van der Waals surface area contributed by atoms with Crippen molar-refractivity contribution in [3.8, 4) is 0 Å². The van der Waals surface area contributed by atoms with Crippen LogP contribution in [-0.4, -0.2) is 10.9 Å². The standard InChI is InChI=1S/C22H11Cl2FN2O3/c23-11-5-7-16-14(9-11)20(28)18-19(13-3-1-2-4-15(13)25)27(22(29)21(18)30-16)17-8-6-12(24)10-26-17/h1-10,19H. The first-order valence-corrected chi connectivity index (χ1v) is 9.67. The van der Waals surface area contributed by atoms with Gasteiger partial charge in [-0.25, -0.2) is 9.37 Å². The van der Waals surface area contributed by atoms with E-state index in [0.717, 1.165) is 0 Å². The number of hydrogen-bond donors (Lipinski definition) is 0. The minimum atomic E-state index is -1.05. The summed E-state index contributed by atoms with van der Waals surface area (Å²) in [5.74, 6) is -1.10. The van der Waals surface area contributed by atoms with Crippen LogP contribution in [0.1, 0.15) is 27.7 Å². The molecule has 1 aliphatic heterocycles. The van der Waals surface area contributed by atoms with Crippen LogP contribution in [0.25, 0.3) is 11.0 Å². The normalized spacial score (nSPS) is 15.6. The van der Waals surface area contributed by atoms with Gasteiger partial charge < -0.3 is 4.42 Å². The van der Waals surface area contributed by atoms with E-state index in [-0.39, 0.29) is 33.7 Å². The number of carbonyl (C=O) groups is 1. The lowest BCUT2D eigenvalue weighted by molar-refractivity contribution is 0.0970. The second-order valence-electron chi connectivity index (χ2n) is 6.75. The summed E-state index contributed by atoms with van der Waals surface area (Å²) in [6, 6.07) is 12.5. The van der Waals surface area contributed by atoms with Gasteiger partial charge >= 0.3 is 0 Å². The van der Waals surface area contributed by atoms with Crippen molar-refractivity contribution in [3.05, 3.63) is 104 Å². The monoisotopic (exact) mass is 440 g/mol. The molecule has 0 radical (unpaired) electrons. The van der Waals surface area contributed by atoms with Gasteiger partial charge in [0.25, 0.3) is 5.91 Å². The number of nitrogens with zero attached hydrogens (tertiary/aromatic N) is 2. The molecule has 5 rings (SSSR count). The molecule has 30 heavy (non-hydrogen) atoms. The molecule has 0 saturated carbocycles. The highest BCUT2D eigenvalue weighted by molar-refractivity contribution is 6.31. The van der Waals surface area contributed by atoms with Crippen LogP contribution in [0.15, 0.2) is 70.0 Å². The maximum absolute atomic E-state index is 14.8. The molecule has 1 aliphatic rings. The average Bonchev–Trinajstić information content (AvgIpc) is 3.02. The van der Waals surface area contributed by atoms with Gasteiger partial charge in [-0.05, 0) is 36.4 Å². The molecule has 0 saturated heterocycles. The minimum Gasteiger partial charge on any atom is -0.450 e. The second-order valence-corrected chi connectivity index (χ2v) is 7.62. The van der Waals surface area contributed by atoms with Crippen molar-refractivity contribution in [1.29, 1.82) is 0 Å². The SMILES string of the molecule is O=C1c2oc3ccc(Cl)cc3c(=O)c2C(c2ccccc2F)N1c1ccc(Cl)cn1. The van der Waals surface area contributed by atoms with Crippen LogP contribution in [0.2, 0.25) is 10.0 Å². The van der Waals surface area contributed by atoms with Crippen LogP contribution in [0.5, 0.6) is 0 Å². The van der Waals surface area contributed by atoms with Crippen LogP contribution in [0.3, 0.4) is 0 Å². The summed E-state index contributed by atoms with van der Waals surface area (Å²) in [7, 11) is 0. The molecule has 2 aromatic carbocycles. The van der Waals surface area contributed by atoms with E-state index in [2.05, 4.69) is 4.98 Å². The van der Waals surface area contributed by atoms with E-state index in [1.807, 2.05) is 0 Å². The zero-order valence-corrected chi connectivity index (χ0v) is 16.6. The van der Waals surface area contributed by atoms with E-state index < -0.39 is 23.2 Å². The Morgan fingerprint density at radius 3 is 2.50 bits per heavy atom. The lowest BCUT2D eigenvalue weighted by Crippen LogP contribution is -2.30. The Balaban J connectivity index is 1.84. The highest BCUT2D eigenvalue weighted by Gasteiger charge is 2.45. The Kier molecular flexibility index (Phi) is 4.34. The van der Waals surface area contributed by atoms with E-state index in [0.29, 0.717) is 10.0 Å². The minimum absolute atomic E-state index is 0.0385. The molecule has 3 heterocycles. The Morgan fingerprint density at radius 2 is 1.77 bits per heavy atom. The fraction of sp³-hybridized carbons (Fsp3) is 0.0455. The molecule has 148 valence electrons. The van der Waals surface area contributed by atoms with Crippen molar-refractivity contribution >= 4 is 45.9 Å². The van der Waals surface area contributed by atoms with Crippen molar-refractivity contribution in [1.82, 2.24) is 4.98 Å². The van der Waals surface area contributed by atoms with Crippen LogP contribution >= 0.6 is 23.2 Å². The smallest absolute Gasteiger partial charge is 0.296 e. The van der Waals surface area contributed by atoms with Crippen LogP contribution in [0, 0.1) is 5.82 Å². The van der Waals surface area contributed by atoms with Gasteiger partial charge in [0.2, 0.25) is 5.76 Å². The molecule has 1 atom stereocenters. The first kappa shape index (κ1) is 18.8. The van der Waals surface area contributed by atoms with E-state index in [4.69, 9.17) is 27.6 Å². The summed E-state index contributed by atoms with van der Waals surface area (Å²) in [5.41, 5.74) is -0.0480. The number of fused-ring (bicyclic) bond motifs is 2. The Labute approximate surface area is 179 Å². The maximum atomic E-state index is 14.8. The molecule has 4 aromatic rings. The van der Waals surface area contributed by atoms with E-state index in [1.54, 1.807) is 18.2 Å². The fourth-order valence-corrected chi connectivity index (χ4v) is 3.97. The Bertz CT molecular complexity index is 1390. The first-order valence-electron chi connectivity index (χ1n) is 8.91. The lowest BCUT2D eigenvalue weighted by Gasteiger charge is -2.24. The average molecular weight is 441 g/mol. The van der Waals surface area contributed by atoms with E-state index in [9.17, 15) is 14.0 Å². The van der Waals surface area contributed by atoms with Gasteiger partial charge in [-0.2, -0.15) is 0 Å². The number of carbonyl (C=O) groups excluding carboxylic acids is 1. The highest BCUT2D eigenvalue weighted by Crippen LogP contribution is 2.41. The summed E-state index contributed by atoms with van der Waals surface area (Å²) in [6.45, 7) is 0. The third-order valence-corrected chi connectivity index (χ3v) is 5.45. The van der Waals surface area contributed by atoms with Crippen LogP contribution < -0.4 is 10.3 Å². The largest absolute Gasteiger partial charge is 0.450 e. The van der Waals surface area contributed by atoms with Gasteiger partial charge in [-0.1, -0.05) is 41.4 Å². The second kappa shape index (κ2) is 6.93. The van der Waals surface area contributed by atoms with Crippen molar-refractivity contribution in [2.45, 2.75) is 6.04 Å². The molecule has 1 amide bonds. The Morgan fingerprint density at radius 1 is 1.00 bits per heavy atom. The highest BCUT2D eigenvalue weighted by atomic mass is 35.5. The molecule has 0 fully saturated rings. The van der Waals surface area contributed by atoms with E-state index in [1.165, 1.54) is 47.5 Å². The number of rotatable bonds is 2. The van der Waals surface area contributed by atoms with Gasteiger partial charge in [0, 0.05) is 16.8 Å². The van der Waals surface area contributed by atoms with Gasteiger partial charge in [0.05, 0.1) is 22.0 Å².